The second kappa shape index (κ2) is 7.79. The van der Waals surface area contributed by atoms with Gasteiger partial charge in [0.1, 0.15) is 35.7 Å². The van der Waals surface area contributed by atoms with Crippen LogP contribution in [-0.2, 0) is 21.4 Å². The normalized spacial score (nSPS) is 11.2. The van der Waals surface area contributed by atoms with Crippen molar-refractivity contribution >= 4 is 16.0 Å². The summed E-state index contributed by atoms with van der Waals surface area (Å²) in [5, 5.41) is 5.08. The monoisotopic (exact) mass is 406 g/mol. The Bertz CT molecular complexity index is 1110. The van der Waals surface area contributed by atoms with Crippen LogP contribution in [0.5, 0.6) is 5.75 Å². The molecule has 0 radical (unpaired) electrons. The van der Waals surface area contributed by atoms with Gasteiger partial charge in [-0.2, -0.15) is 0 Å². The molecule has 0 spiro atoms. The van der Waals surface area contributed by atoms with Gasteiger partial charge in [0.15, 0.2) is 0 Å². The van der Waals surface area contributed by atoms with Crippen LogP contribution in [-0.4, -0.2) is 26.5 Å². The summed E-state index contributed by atoms with van der Waals surface area (Å²) in [6.07, 6.45) is 1.30. The molecule has 0 saturated carbocycles. The van der Waals surface area contributed by atoms with E-state index in [4.69, 9.17) is 19.0 Å². The zero-order valence-electron chi connectivity index (χ0n) is 14.6. The number of nitrogens with two attached hydrogens (primary N) is 1. The molecule has 0 bridgehead atoms. The van der Waals surface area contributed by atoms with Gasteiger partial charge in [-0.1, -0.05) is 0 Å². The number of halogens is 1. The van der Waals surface area contributed by atoms with E-state index in [-0.39, 0.29) is 34.5 Å². The lowest BCUT2D eigenvalue weighted by Crippen LogP contribution is -2.14. The number of carbonyl (C=O) groups is 1. The van der Waals surface area contributed by atoms with Gasteiger partial charge >= 0.3 is 5.97 Å². The van der Waals surface area contributed by atoms with Crippen molar-refractivity contribution in [1.82, 2.24) is 4.98 Å². The van der Waals surface area contributed by atoms with Crippen LogP contribution in [0.3, 0.4) is 0 Å². The Morgan fingerprint density at radius 1 is 1.21 bits per heavy atom. The number of aromatic nitrogens is 1. The minimum Gasteiger partial charge on any atom is -0.496 e. The van der Waals surface area contributed by atoms with Crippen molar-refractivity contribution in [3.63, 3.8) is 0 Å². The fourth-order valence-corrected chi connectivity index (χ4v) is 2.88. The van der Waals surface area contributed by atoms with E-state index in [1.165, 1.54) is 49.8 Å². The highest BCUT2D eigenvalue weighted by Gasteiger charge is 2.19. The third-order valence-electron chi connectivity index (χ3n) is 3.71. The fourth-order valence-electron chi connectivity index (χ4n) is 2.34. The smallest absolute Gasteiger partial charge is 0.342 e. The second-order valence-electron chi connectivity index (χ2n) is 5.63. The summed E-state index contributed by atoms with van der Waals surface area (Å²) in [6, 6.07) is 9.13. The van der Waals surface area contributed by atoms with Gasteiger partial charge in [-0.3, -0.25) is 0 Å². The summed E-state index contributed by atoms with van der Waals surface area (Å²) in [5.74, 6) is -0.849. The van der Waals surface area contributed by atoms with Gasteiger partial charge in [0.2, 0.25) is 15.9 Å². The van der Waals surface area contributed by atoms with Crippen LogP contribution in [0.2, 0.25) is 0 Å². The summed E-state index contributed by atoms with van der Waals surface area (Å²) in [4.78, 5) is 16.3. The van der Waals surface area contributed by atoms with E-state index in [2.05, 4.69) is 4.98 Å². The van der Waals surface area contributed by atoms with Crippen molar-refractivity contribution in [2.45, 2.75) is 11.5 Å². The van der Waals surface area contributed by atoms with Crippen LogP contribution in [0.15, 0.2) is 58.0 Å². The number of oxazole rings is 1. The zero-order valence-corrected chi connectivity index (χ0v) is 15.4. The average molecular weight is 406 g/mol. The minimum absolute atomic E-state index is 0.101. The van der Waals surface area contributed by atoms with E-state index in [1.807, 2.05) is 0 Å². The molecule has 0 saturated heterocycles. The maximum Gasteiger partial charge on any atom is 0.342 e. The molecule has 3 aromatic rings. The van der Waals surface area contributed by atoms with Gasteiger partial charge in [-0.25, -0.2) is 27.7 Å². The largest absolute Gasteiger partial charge is 0.496 e. The maximum absolute atomic E-state index is 13.0. The topological polar surface area (TPSA) is 122 Å². The lowest BCUT2D eigenvalue weighted by Gasteiger charge is -2.09. The zero-order chi connectivity index (χ0) is 20.3. The van der Waals surface area contributed by atoms with Gasteiger partial charge in [0.05, 0.1) is 12.0 Å². The number of methoxy groups -OCH3 is 1. The number of rotatable bonds is 6. The highest BCUT2D eigenvalue weighted by molar-refractivity contribution is 7.89. The molecule has 0 amide bonds. The van der Waals surface area contributed by atoms with Gasteiger partial charge < -0.3 is 13.9 Å². The first-order valence-corrected chi connectivity index (χ1v) is 9.41. The van der Waals surface area contributed by atoms with Crippen LogP contribution in [0.1, 0.15) is 16.1 Å². The summed E-state index contributed by atoms with van der Waals surface area (Å²) < 4.78 is 51.5. The van der Waals surface area contributed by atoms with Crippen LogP contribution in [0, 0.1) is 5.82 Å². The molecule has 1 aromatic heterocycles. The van der Waals surface area contributed by atoms with Gasteiger partial charge in [-0.05, 0) is 42.5 Å². The predicted molar refractivity (Wildman–Crippen MR) is 95.4 cm³/mol. The molecular formula is C18H15FN2O6S. The van der Waals surface area contributed by atoms with E-state index >= 15 is 0 Å². The molecule has 2 N–H and O–H groups in total. The molecule has 0 aliphatic heterocycles. The van der Waals surface area contributed by atoms with Crippen LogP contribution in [0.4, 0.5) is 4.39 Å². The first-order valence-electron chi connectivity index (χ1n) is 7.86. The number of nitrogens with zero attached hydrogens (tertiary/aromatic N) is 1. The van der Waals surface area contributed by atoms with Crippen LogP contribution >= 0.6 is 0 Å². The van der Waals surface area contributed by atoms with Gasteiger partial charge in [0, 0.05) is 5.56 Å². The number of benzene rings is 2. The molecule has 0 unspecified atom stereocenters. The number of sulfonamides is 1. The predicted octanol–water partition coefficient (Wildman–Crippen LogP) is 2.49. The lowest BCUT2D eigenvalue weighted by molar-refractivity contribution is 0.0464. The number of primary sulfonamides is 1. The SMILES string of the molecule is COc1ccc(S(N)(=O)=O)cc1C(=O)OCc1coc(-c2ccc(F)cc2)n1. The third kappa shape index (κ3) is 4.35. The lowest BCUT2D eigenvalue weighted by atomic mass is 10.2. The van der Waals surface area contributed by atoms with Crippen molar-refractivity contribution in [3.05, 3.63) is 65.8 Å². The number of hydrogen-bond acceptors (Lipinski definition) is 7. The number of hydrogen-bond donors (Lipinski definition) is 1. The molecular weight excluding hydrogens is 391 g/mol. The van der Waals surface area contributed by atoms with Crippen LogP contribution < -0.4 is 9.88 Å². The number of esters is 1. The molecule has 3 rings (SSSR count). The Hall–Kier alpha value is -3.24. The fraction of sp³-hybridized carbons (Fsp3) is 0.111. The van der Waals surface area contributed by atoms with Crippen molar-refractivity contribution < 1.29 is 31.5 Å². The second-order valence-corrected chi connectivity index (χ2v) is 7.20. The Balaban J connectivity index is 1.75. The molecule has 0 fully saturated rings. The first-order chi connectivity index (χ1) is 13.3. The Kier molecular flexibility index (Phi) is 5.43. The van der Waals surface area contributed by atoms with E-state index in [9.17, 15) is 17.6 Å². The number of carbonyl (C=O) groups excluding carboxylic acids is 1. The average Bonchev–Trinajstić information content (AvgIpc) is 3.14. The molecule has 8 nitrogen and oxygen atoms in total. The van der Waals surface area contributed by atoms with Crippen molar-refractivity contribution in [2.24, 2.45) is 5.14 Å². The van der Waals surface area contributed by atoms with Crippen molar-refractivity contribution in [3.8, 4) is 17.2 Å². The highest BCUT2D eigenvalue weighted by Crippen LogP contribution is 2.24. The van der Waals surface area contributed by atoms with E-state index < -0.39 is 16.0 Å². The molecule has 10 heteroatoms. The molecule has 2 aromatic carbocycles. The summed E-state index contributed by atoms with van der Waals surface area (Å²) in [6.45, 7) is -0.230. The van der Waals surface area contributed by atoms with E-state index in [0.717, 1.165) is 6.07 Å². The van der Waals surface area contributed by atoms with Gasteiger partial charge in [-0.15, -0.1) is 0 Å². The molecule has 28 heavy (non-hydrogen) atoms. The van der Waals surface area contributed by atoms with Crippen LogP contribution in [0.25, 0.3) is 11.5 Å². The molecule has 0 atom stereocenters. The standard InChI is InChI=1S/C18H15FN2O6S/c1-25-16-7-6-14(28(20,23)24)8-15(16)18(22)27-10-13-9-26-17(21-13)11-2-4-12(19)5-3-11/h2-9H,10H2,1H3,(H2,20,23,24). The summed E-state index contributed by atoms with van der Waals surface area (Å²) in [7, 11) is -2.67. The minimum atomic E-state index is -4.00. The molecule has 1 heterocycles. The van der Waals surface area contributed by atoms with Crippen molar-refractivity contribution in [1.29, 1.82) is 0 Å². The van der Waals surface area contributed by atoms with E-state index in [0.29, 0.717) is 11.3 Å². The van der Waals surface area contributed by atoms with Gasteiger partial charge in [0.25, 0.3) is 0 Å². The molecule has 0 aliphatic rings. The third-order valence-corrected chi connectivity index (χ3v) is 4.62. The Morgan fingerprint density at radius 2 is 1.93 bits per heavy atom. The number of ether oxygens (including phenoxy) is 2. The summed E-state index contributed by atoms with van der Waals surface area (Å²) in [5.41, 5.74) is 0.770. The first kappa shape index (κ1) is 19.5. The van der Waals surface area contributed by atoms with Crippen molar-refractivity contribution in [2.75, 3.05) is 7.11 Å². The Labute approximate surface area is 159 Å². The Morgan fingerprint density at radius 3 is 2.57 bits per heavy atom. The van der Waals surface area contributed by atoms with E-state index in [1.54, 1.807) is 0 Å². The quantitative estimate of drug-likeness (QED) is 0.624. The maximum atomic E-state index is 13.0. The summed E-state index contributed by atoms with van der Waals surface area (Å²) >= 11 is 0. The molecule has 146 valence electrons. The highest BCUT2D eigenvalue weighted by atomic mass is 32.2. The molecule has 0 aliphatic carbocycles.